The summed E-state index contributed by atoms with van der Waals surface area (Å²) in [6.45, 7) is 9.78. The van der Waals surface area contributed by atoms with Crippen LogP contribution in [0.3, 0.4) is 0 Å². The van der Waals surface area contributed by atoms with Crippen molar-refractivity contribution < 1.29 is 38.1 Å². The summed E-state index contributed by atoms with van der Waals surface area (Å²) in [6.07, 6.45) is 36.5. The van der Waals surface area contributed by atoms with Gasteiger partial charge in [-0.1, -0.05) is 148 Å². The maximum Gasteiger partial charge on any atom is 0.309 e. The summed E-state index contributed by atoms with van der Waals surface area (Å²) in [5.41, 5.74) is 0. The number of carbonyl (C=O) groups is 3. The Labute approximate surface area is 356 Å². The maximum atomic E-state index is 13.0. The van der Waals surface area contributed by atoms with E-state index < -0.39 is 12.2 Å². The average Bonchev–Trinajstić information content (AvgIpc) is 3.22. The van der Waals surface area contributed by atoms with E-state index in [2.05, 4.69) is 44.9 Å². The van der Waals surface area contributed by atoms with Crippen molar-refractivity contribution in [2.24, 2.45) is 11.8 Å². The Bertz CT molecular complexity index is 964. The molecule has 0 radical (unpaired) electrons. The van der Waals surface area contributed by atoms with E-state index in [9.17, 15) is 14.4 Å². The second kappa shape index (κ2) is 40.4. The van der Waals surface area contributed by atoms with Crippen LogP contribution in [-0.4, -0.2) is 82.3 Å². The highest BCUT2D eigenvalue weighted by Crippen LogP contribution is 2.19. The van der Waals surface area contributed by atoms with E-state index in [0.717, 1.165) is 70.9 Å². The van der Waals surface area contributed by atoms with Crippen LogP contribution < -0.4 is 0 Å². The molecule has 0 spiro atoms. The summed E-state index contributed by atoms with van der Waals surface area (Å²) in [5, 5.41) is 0. The molecule has 1 atom stereocenters. The van der Waals surface area contributed by atoms with E-state index in [1.807, 2.05) is 0 Å². The number of likely N-dealkylation sites (tertiary alicyclic amines) is 1. The molecule has 1 saturated heterocycles. The van der Waals surface area contributed by atoms with Crippen LogP contribution in [0.15, 0.2) is 12.2 Å². The van der Waals surface area contributed by atoms with E-state index in [-0.39, 0.29) is 50.1 Å². The predicted octanol–water partition coefficient (Wildman–Crippen LogP) is 12.5. The fourth-order valence-electron chi connectivity index (χ4n) is 7.26. The Morgan fingerprint density at radius 2 is 0.948 bits per heavy atom. The van der Waals surface area contributed by atoms with Gasteiger partial charge in [0.2, 0.25) is 0 Å². The van der Waals surface area contributed by atoms with E-state index >= 15 is 0 Å². The van der Waals surface area contributed by atoms with Crippen molar-refractivity contribution in [3.05, 3.63) is 12.2 Å². The molecule has 1 aliphatic heterocycles. The molecule has 0 saturated carbocycles. The summed E-state index contributed by atoms with van der Waals surface area (Å²) in [7, 11) is 2.06. The predicted molar refractivity (Wildman–Crippen MR) is 238 cm³/mol. The summed E-state index contributed by atoms with van der Waals surface area (Å²) in [5.74, 6) is -1.40. The number of allylic oxidation sites excluding steroid dienone is 2. The van der Waals surface area contributed by atoms with Crippen molar-refractivity contribution in [3.8, 4) is 0 Å². The molecule has 0 aromatic heterocycles. The first-order chi connectivity index (χ1) is 28.4. The van der Waals surface area contributed by atoms with E-state index in [0.29, 0.717) is 26.1 Å². The molecule has 0 bridgehead atoms. The Kier molecular flexibility index (Phi) is 37.7. The lowest BCUT2D eigenvalue weighted by Crippen LogP contribution is -2.35. The molecule has 0 aliphatic carbocycles. The normalized spacial score (nSPS) is 14.4. The minimum absolute atomic E-state index is 0.0178. The molecule has 340 valence electrons. The number of hydrogen-bond donors (Lipinski definition) is 0. The molecule has 0 aromatic rings. The Morgan fingerprint density at radius 1 is 0.534 bits per heavy atom. The van der Waals surface area contributed by atoms with Crippen molar-refractivity contribution in [1.82, 2.24) is 4.90 Å². The van der Waals surface area contributed by atoms with Gasteiger partial charge >= 0.3 is 17.9 Å². The largest absolute Gasteiger partial charge is 0.465 e. The van der Waals surface area contributed by atoms with Crippen molar-refractivity contribution in [3.63, 3.8) is 0 Å². The van der Waals surface area contributed by atoms with Gasteiger partial charge in [0.15, 0.2) is 6.29 Å². The molecule has 1 unspecified atom stereocenters. The number of nitrogens with zero attached hydrogens (tertiary/aromatic N) is 1. The monoisotopic (exact) mass is 822 g/mol. The summed E-state index contributed by atoms with van der Waals surface area (Å²) in [6, 6.07) is 0. The van der Waals surface area contributed by atoms with Crippen LogP contribution in [0, 0.1) is 11.8 Å². The molecular formula is C49H91NO8. The molecule has 1 heterocycles. The highest BCUT2D eigenvalue weighted by Gasteiger charge is 2.26. The molecule has 58 heavy (non-hydrogen) atoms. The van der Waals surface area contributed by atoms with Crippen LogP contribution in [-0.2, 0) is 38.1 Å². The highest BCUT2D eigenvalue weighted by atomic mass is 16.7. The van der Waals surface area contributed by atoms with Gasteiger partial charge in [0.1, 0.15) is 19.8 Å². The highest BCUT2D eigenvalue weighted by molar-refractivity contribution is 5.72. The Hall–Kier alpha value is -1.97. The third-order valence-electron chi connectivity index (χ3n) is 11.3. The fraction of sp³-hybridized carbons (Fsp3) is 0.898. The van der Waals surface area contributed by atoms with Gasteiger partial charge in [0.25, 0.3) is 0 Å². The standard InChI is InChI=1S/C49H91NO8/c1-5-8-11-14-17-18-19-20-21-22-23-24-25-26-29-32-46(51)56-41-44(43-58-49(53)45-35-37-50(4)38-36-45)42-57-47(52)33-34-48(54-39-30-27-15-12-9-6-2)55-40-31-28-16-13-10-7-3/h17-18,44-45,48H,5-16,19-43H2,1-4H3/b18-17-. The fourth-order valence-corrected chi connectivity index (χ4v) is 7.26. The molecular weight excluding hydrogens is 731 g/mol. The van der Waals surface area contributed by atoms with E-state index in [4.69, 9.17) is 23.7 Å². The number of carbonyl (C=O) groups excluding carboxylic acids is 3. The minimum Gasteiger partial charge on any atom is -0.465 e. The van der Waals surface area contributed by atoms with Crippen molar-refractivity contribution in [2.75, 3.05) is 53.2 Å². The Balaban J connectivity index is 2.48. The number of hydrogen-bond acceptors (Lipinski definition) is 9. The Morgan fingerprint density at radius 3 is 1.48 bits per heavy atom. The SMILES string of the molecule is CCCCC/C=C\CCCCCCCCCCC(=O)OCC(COC(=O)CCC(OCCCCCCCC)OCCCCCCCC)COC(=O)C1CCN(C)CC1. The topological polar surface area (TPSA) is 101 Å². The first kappa shape index (κ1) is 54.0. The first-order valence-corrected chi connectivity index (χ1v) is 24.4. The van der Waals surface area contributed by atoms with Crippen LogP contribution in [0.25, 0.3) is 0 Å². The van der Waals surface area contributed by atoms with Crippen LogP contribution in [0.4, 0.5) is 0 Å². The number of rotatable bonds is 41. The summed E-state index contributed by atoms with van der Waals surface area (Å²) in [4.78, 5) is 40.8. The second-order valence-corrected chi connectivity index (χ2v) is 17.0. The van der Waals surface area contributed by atoms with Crippen LogP contribution >= 0.6 is 0 Å². The van der Waals surface area contributed by atoms with Gasteiger partial charge in [-0.25, -0.2) is 0 Å². The van der Waals surface area contributed by atoms with Gasteiger partial charge in [0, 0.05) is 26.1 Å². The maximum absolute atomic E-state index is 13.0. The molecule has 9 nitrogen and oxygen atoms in total. The third kappa shape index (κ3) is 33.8. The van der Waals surface area contributed by atoms with Gasteiger partial charge < -0.3 is 28.6 Å². The van der Waals surface area contributed by atoms with Gasteiger partial charge in [-0.2, -0.15) is 0 Å². The lowest BCUT2D eigenvalue weighted by atomic mass is 9.97. The number of piperidine rings is 1. The lowest BCUT2D eigenvalue weighted by Gasteiger charge is -2.28. The van der Waals surface area contributed by atoms with Crippen molar-refractivity contribution in [1.29, 1.82) is 0 Å². The van der Waals surface area contributed by atoms with Crippen LogP contribution in [0.2, 0.25) is 0 Å². The summed E-state index contributed by atoms with van der Waals surface area (Å²) >= 11 is 0. The average molecular weight is 822 g/mol. The first-order valence-electron chi connectivity index (χ1n) is 24.4. The van der Waals surface area contributed by atoms with Gasteiger partial charge in [-0.15, -0.1) is 0 Å². The van der Waals surface area contributed by atoms with Crippen LogP contribution in [0.5, 0.6) is 0 Å². The zero-order valence-electron chi connectivity index (χ0n) is 38.3. The van der Waals surface area contributed by atoms with Gasteiger partial charge in [-0.3, -0.25) is 14.4 Å². The molecule has 1 aliphatic rings. The number of ether oxygens (including phenoxy) is 5. The molecule has 1 rings (SSSR count). The minimum atomic E-state index is -0.441. The van der Waals surface area contributed by atoms with Gasteiger partial charge in [0.05, 0.1) is 18.3 Å². The quantitative estimate of drug-likeness (QED) is 0.0196. The van der Waals surface area contributed by atoms with E-state index in [1.165, 1.54) is 116 Å². The summed E-state index contributed by atoms with van der Waals surface area (Å²) < 4.78 is 29.3. The van der Waals surface area contributed by atoms with Gasteiger partial charge in [-0.05, 0) is 77.9 Å². The third-order valence-corrected chi connectivity index (χ3v) is 11.3. The molecule has 1 fully saturated rings. The van der Waals surface area contributed by atoms with Crippen molar-refractivity contribution >= 4 is 17.9 Å². The van der Waals surface area contributed by atoms with Crippen molar-refractivity contribution in [2.45, 2.75) is 220 Å². The number of unbranched alkanes of at least 4 members (excludes halogenated alkanes) is 21. The lowest BCUT2D eigenvalue weighted by molar-refractivity contribution is -0.162. The van der Waals surface area contributed by atoms with E-state index in [1.54, 1.807) is 0 Å². The smallest absolute Gasteiger partial charge is 0.309 e. The second-order valence-electron chi connectivity index (χ2n) is 17.0. The molecule has 9 heteroatoms. The van der Waals surface area contributed by atoms with Crippen LogP contribution in [0.1, 0.15) is 213 Å². The number of esters is 3. The molecule has 0 aromatic carbocycles. The zero-order chi connectivity index (χ0) is 42.2. The zero-order valence-corrected chi connectivity index (χ0v) is 38.3. The molecule has 0 amide bonds. The molecule has 0 N–H and O–H groups in total.